The predicted octanol–water partition coefficient (Wildman–Crippen LogP) is 1.13. The van der Waals surface area contributed by atoms with Crippen molar-refractivity contribution in [2.45, 2.75) is 43.9 Å². The summed E-state index contributed by atoms with van der Waals surface area (Å²) < 4.78 is 34.7. The van der Waals surface area contributed by atoms with Crippen molar-refractivity contribution in [3.8, 4) is 0 Å². The van der Waals surface area contributed by atoms with E-state index in [9.17, 15) is 22.8 Å². The number of primary amides is 1. The number of carbonyl (C=O) groups excluding carboxylic acids is 2. The minimum atomic E-state index is -5.08. The Morgan fingerprint density at radius 2 is 1.89 bits per heavy atom. The van der Waals surface area contributed by atoms with E-state index in [0.29, 0.717) is 11.5 Å². The molecule has 0 aromatic carbocycles. The zero-order valence-corrected chi connectivity index (χ0v) is 19.0. The number of aliphatic carboxylic acids is 1. The molecule has 1 fully saturated rings. The predicted molar refractivity (Wildman–Crippen MR) is 120 cm³/mol. The number of carbonyl (C=O) groups is 3. The summed E-state index contributed by atoms with van der Waals surface area (Å²) in [5.41, 5.74) is 12.4. The molecule has 0 spiro atoms. The van der Waals surface area contributed by atoms with Crippen LogP contribution in [0.4, 0.5) is 24.7 Å². The van der Waals surface area contributed by atoms with E-state index in [4.69, 9.17) is 21.4 Å². The van der Waals surface area contributed by atoms with Gasteiger partial charge in [-0.3, -0.25) is 14.3 Å². The Morgan fingerprint density at radius 3 is 2.50 bits per heavy atom. The molecule has 36 heavy (non-hydrogen) atoms. The minimum Gasteiger partial charge on any atom is -0.475 e. The van der Waals surface area contributed by atoms with Crippen molar-refractivity contribution < 1.29 is 32.7 Å². The first kappa shape index (κ1) is 26.4. The van der Waals surface area contributed by atoms with Crippen LogP contribution in [0.2, 0.25) is 0 Å². The number of carboxylic acids is 1. The van der Waals surface area contributed by atoms with Crippen LogP contribution in [0, 0.1) is 0 Å². The van der Waals surface area contributed by atoms with Crippen LogP contribution < -0.4 is 22.1 Å². The van der Waals surface area contributed by atoms with Crippen LogP contribution in [-0.2, 0) is 11.8 Å². The van der Waals surface area contributed by atoms with E-state index in [2.05, 4.69) is 25.8 Å². The average Bonchev–Trinajstić information content (AvgIpc) is 3.38. The third kappa shape index (κ3) is 6.26. The first-order valence-electron chi connectivity index (χ1n) is 10.7. The van der Waals surface area contributed by atoms with Crippen molar-refractivity contribution in [3.05, 3.63) is 35.9 Å². The zero-order chi connectivity index (χ0) is 26.6. The fraction of sp³-hybridized carbons (Fsp3) is 0.400. The molecule has 3 aromatic rings. The first-order chi connectivity index (χ1) is 16.9. The van der Waals surface area contributed by atoms with Crippen molar-refractivity contribution in [1.29, 1.82) is 0 Å². The van der Waals surface area contributed by atoms with Crippen molar-refractivity contribution in [1.82, 2.24) is 24.4 Å². The van der Waals surface area contributed by atoms with Crippen LogP contribution in [0.25, 0.3) is 5.65 Å². The number of halogens is 3. The smallest absolute Gasteiger partial charge is 0.475 e. The van der Waals surface area contributed by atoms with E-state index < -0.39 is 24.0 Å². The number of nitrogens with zero attached hydrogens (tertiary/aromatic N) is 5. The molecule has 0 aliphatic heterocycles. The molecule has 194 valence electrons. The number of carboxylic acid groups (broad SMARTS) is 1. The molecule has 0 unspecified atom stereocenters. The van der Waals surface area contributed by atoms with Gasteiger partial charge in [-0.15, -0.1) is 0 Å². The second kappa shape index (κ2) is 10.6. The summed E-state index contributed by atoms with van der Waals surface area (Å²) in [6, 6.07) is 2.02. The van der Waals surface area contributed by atoms with Crippen LogP contribution in [0.15, 0.2) is 24.7 Å². The number of aromatic nitrogens is 5. The second-order valence-electron chi connectivity index (χ2n) is 8.02. The lowest BCUT2D eigenvalue weighted by atomic mass is 9.91. The van der Waals surface area contributed by atoms with Crippen LogP contribution >= 0.6 is 0 Å². The summed E-state index contributed by atoms with van der Waals surface area (Å²) in [7, 11) is 1.63. The molecule has 0 saturated heterocycles. The number of hydrogen-bond donors (Lipinski definition) is 5. The minimum absolute atomic E-state index is 0.0149. The molecule has 4 rings (SSSR count). The third-order valence-corrected chi connectivity index (χ3v) is 5.32. The molecular formula is C20H24F3N9O4. The molecule has 16 heteroatoms. The molecule has 3 aromatic heterocycles. The number of nitrogens with one attached hydrogen (secondary N) is 2. The monoisotopic (exact) mass is 511 g/mol. The Balaban J connectivity index is 0.000000454. The van der Waals surface area contributed by atoms with Gasteiger partial charge in [-0.25, -0.2) is 14.3 Å². The highest BCUT2D eigenvalue weighted by Crippen LogP contribution is 2.22. The van der Waals surface area contributed by atoms with Gasteiger partial charge in [0, 0.05) is 31.5 Å². The molecule has 13 nitrogen and oxygen atoms in total. The maximum Gasteiger partial charge on any atom is 0.490 e. The molecular weight excluding hydrogens is 487 g/mol. The number of anilines is 2. The van der Waals surface area contributed by atoms with E-state index in [0.717, 1.165) is 25.7 Å². The van der Waals surface area contributed by atoms with Crippen LogP contribution in [0.5, 0.6) is 0 Å². The molecule has 0 bridgehead atoms. The lowest BCUT2D eigenvalue weighted by Crippen LogP contribution is -2.42. The number of fused-ring (bicyclic) bond motifs is 1. The van der Waals surface area contributed by atoms with E-state index >= 15 is 0 Å². The van der Waals surface area contributed by atoms with Gasteiger partial charge in [0.2, 0.25) is 0 Å². The number of rotatable bonds is 5. The van der Waals surface area contributed by atoms with Gasteiger partial charge in [0.15, 0.2) is 11.3 Å². The number of aryl methyl sites for hydroxylation is 1. The van der Waals surface area contributed by atoms with Crippen molar-refractivity contribution >= 4 is 34.9 Å². The van der Waals surface area contributed by atoms with Crippen molar-refractivity contribution in [3.63, 3.8) is 0 Å². The standard InChI is InChI=1S/C18H23N9O2.C2HF3O2/c1-26-9-13(15(25-26)16(20)28)23-18(29)10-8-21-27-7-6-14(24-17(10)27)22-12-5-3-2-4-11(12)19;3-2(4,5)1(6)7/h6-9,11-12H,2-5,19H2,1H3,(H2,20,28)(H,22,24)(H,23,29);(H,6,7)/t11-,12+;/m1./s1. The van der Waals surface area contributed by atoms with Gasteiger partial charge in [0.05, 0.1) is 11.9 Å². The Hall–Kier alpha value is -4.21. The molecule has 2 atom stereocenters. The molecule has 1 aliphatic carbocycles. The Bertz CT molecular complexity index is 1270. The van der Waals surface area contributed by atoms with Gasteiger partial charge in [-0.05, 0) is 18.9 Å². The number of amides is 2. The summed E-state index contributed by atoms with van der Waals surface area (Å²) >= 11 is 0. The summed E-state index contributed by atoms with van der Waals surface area (Å²) in [4.78, 5) is 37.8. The topological polar surface area (TPSA) is 196 Å². The Morgan fingerprint density at radius 1 is 1.22 bits per heavy atom. The number of alkyl halides is 3. The summed E-state index contributed by atoms with van der Waals surface area (Å²) in [5, 5.41) is 21.3. The van der Waals surface area contributed by atoms with Crippen molar-refractivity contribution in [2.75, 3.05) is 10.6 Å². The third-order valence-electron chi connectivity index (χ3n) is 5.32. The summed E-state index contributed by atoms with van der Waals surface area (Å²) in [6.45, 7) is 0. The van der Waals surface area contributed by atoms with Crippen molar-refractivity contribution in [2.24, 2.45) is 18.5 Å². The molecule has 7 N–H and O–H groups in total. The largest absolute Gasteiger partial charge is 0.490 e. The Labute approximate surface area is 201 Å². The molecule has 1 saturated carbocycles. The number of hydrogen-bond acceptors (Lipinski definition) is 8. The lowest BCUT2D eigenvalue weighted by molar-refractivity contribution is -0.192. The second-order valence-corrected chi connectivity index (χ2v) is 8.02. The number of nitrogens with two attached hydrogens (primary N) is 2. The van der Waals surface area contributed by atoms with Crippen LogP contribution in [0.1, 0.15) is 46.5 Å². The van der Waals surface area contributed by atoms with Gasteiger partial charge >= 0.3 is 12.1 Å². The van der Waals surface area contributed by atoms with Gasteiger partial charge < -0.3 is 27.2 Å². The fourth-order valence-electron chi connectivity index (χ4n) is 3.59. The van der Waals surface area contributed by atoms with Gasteiger partial charge in [-0.1, -0.05) is 12.8 Å². The SMILES string of the molecule is Cn1cc(NC(=O)c2cnn3ccc(N[C@H]4CCCC[C@H]4N)nc23)c(C(N)=O)n1.O=C(O)C(F)(F)F. The Kier molecular flexibility index (Phi) is 7.77. The van der Waals surface area contributed by atoms with Crippen LogP contribution in [-0.4, -0.2) is 65.5 Å². The normalized spacial score (nSPS) is 17.7. The fourth-order valence-corrected chi connectivity index (χ4v) is 3.59. The summed E-state index contributed by atoms with van der Waals surface area (Å²) in [6.07, 6.45) is 3.81. The lowest BCUT2D eigenvalue weighted by Gasteiger charge is -2.29. The maximum absolute atomic E-state index is 12.8. The molecule has 2 amide bonds. The molecule has 3 heterocycles. The molecule has 0 radical (unpaired) electrons. The first-order valence-corrected chi connectivity index (χ1v) is 10.7. The van der Waals surface area contributed by atoms with E-state index in [1.165, 1.54) is 21.6 Å². The average molecular weight is 511 g/mol. The highest BCUT2D eigenvalue weighted by Gasteiger charge is 2.38. The summed E-state index contributed by atoms with van der Waals surface area (Å²) in [5.74, 6) is -3.31. The van der Waals surface area contributed by atoms with Gasteiger partial charge in [0.25, 0.3) is 11.8 Å². The van der Waals surface area contributed by atoms with Gasteiger partial charge in [-0.2, -0.15) is 23.4 Å². The van der Waals surface area contributed by atoms with Gasteiger partial charge in [0.1, 0.15) is 11.4 Å². The zero-order valence-electron chi connectivity index (χ0n) is 19.0. The van der Waals surface area contributed by atoms with E-state index in [-0.39, 0.29) is 29.0 Å². The van der Waals surface area contributed by atoms with Crippen LogP contribution in [0.3, 0.4) is 0 Å². The highest BCUT2D eigenvalue weighted by atomic mass is 19.4. The highest BCUT2D eigenvalue weighted by molar-refractivity contribution is 6.10. The molecule has 1 aliphatic rings. The van der Waals surface area contributed by atoms with E-state index in [1.54, 1.807) is 19.3 Å². The van der Waals surface area contributed by atoms with E-state index in [1.807, 2.05) is 0 Å². The quantitative estimate of drug-likeness (QED) is 0.333. The maximum atomic E-state index is 12.8.